The van der Waals surface area contributed by atoms with Crippen molar-refractivity contribution in [3.8, 4) is 5.75 Å². The van der Waals surface area contributed by atoms with Crippen LogP contribution in [-0.4, -0.2) is 22.4 Å². The molecular formula is C28H29N3O2S. The first kappa shape index (κ1) is 22.5. The first-order valence-corrected chi connectivity index (χ1v) is 12.3. The summed E-state index contributed by atoms with van der Waals surface area (Å²) in [6.07, 6.45) is 6.77. The molecular weight excluding hydrogens is 442 g/mol. The largest absolute Gasteiger partial charge is 0.487 e. The van der Waals surface area contributed by atoms with Crippen molar-refractivity contribution in [3.63, 3.8) is 0 Å². The molecule has 2 aromatic carbocycles. The van der Waals surface area contributed by atoms with Crippen LogP contribution in [0.25, 0.3) is 0 Å². The first-order valence-electron chi connectivity index (χ1n) is 11.8. The molecule has 1 aromatic heterocycles. The number of nitrogens with one attached hydrogen (secondary N) is 1. The van der Waals surface area contributed by atoms with E-state index < -0.39 is 0 Å². The number of rotatable bonds is 8. The highest BCUT2D eigenvalue weighted by molar-refractivity contribution is 7.80. The van der Waals surface area contributed by atoms with Crippen molar-refractivity contribution in [1.82, 2.24) is 10.3 Å². The molecule has 1 heterocycles. The Labute approximate surface area is 205 Å². The summed E-state index contributed by atoms with van der Waals surface area (Å²) in [5.41, 5.74) is 9.64. The maximum atomic E-state index is 12.4. The summed E-state index contributed by atoms with van der Waals surface area (Å²) < 4.78 is 5.97. The zero-order valence-corrected chi connectivity index (χ0v) is 19.9. The number of benzene rings is 2. The van der Waals surface area contributed by atoms with E-state index in [0.717, 1.165) is 23.8 Å². The van der Waals surface area contributed by atoms with Crippen molar-refractivity contribution in [2.75, 3.05) is 6.54 Å². The molecule has 6 heteroatoms. The SMILES string of the molecule is NC(=S)CNC(=O)c1ccc([C@]2(c3ccc(OCc4ccccn4)cc3)CC3CC[C@@H]2C3)cc1. The van der Waals surface area contributed by atoms with E-state index >= 15 is 0 Å². The maximum absolute atomic E-state index is 12.4. The number of nitrogens with zero attached hydrogens (tertiary/aromatic N) is 1. The van der Waals surface area contributed by atoms with Crippen molar-refractivity contribution < 1.29 is 9.53 Å². The molecule has 34 heavy (non-hydrogen) atoms. The van der Waals surface area contributed by atoms with E-state index in [2.05, 4.69) is 46.7 Å². The zero-order chi connectivity index (χ0) is 23.5. The minimum atomic E-state index is -0.157. The van der Waals surface area contributed by atoms with E-state index in [0.29, 0.717) is 18.1 Å². The number of carbonyl (C=O) groups excluding carboxylic acids is 1. The van der Waals surface area contributed by atoms with Gasteiger partial charge in [0.2, 0.25) is 0 Å². The molecule has 2 fully saturated rings. The van der Waals surface area contributed by atoms with Crippen LogP contribution < -0.4 is 15.8 Å². The number of fused-ring (bicyclic) bond motifs is 2. The van der Waals surface area contributed by atoms with Gasteiger partial charge in [-0.25, -0.2) is 0 Å². The van der Waals surface area contributed by atoms with Crippen molar-refractivity contribution in [3.05, 3.63) is 95.3 Å². The van der Waals surface area contributed by atoms with Gasteiger partial charge in [0, 0.05) is 17.2 Å². The quantitative estimate of drug-likeness (QED) is 0.462. The van der Waals surface area contributed by atoms with E-state index in [9.17, 15) is 4.79 Å². The van der Waals surface area contributed by atoms with Crippen LogP contribution in [0.1, 0.15) is 52.9 Å². The molecule has 3 N–H and O–H groups in total. The molecule has 5 rings (SSSR count). The average Bonchev–Trinajstić information content (AvgIpc) is 3.49. The maximum Gasteiger partial charge on any atom is 0.251 e. The molecule has 5 nitrogen and oxygen atoms in total. The van der Waals surface area contributed by atoms with E-state index in [1.165, 1.54) is 30.4 Å². The minimum Gasteiger partial charge on any atom is -0.487 e. The molecule has 0 saturated heterocycles. The molecule has 1 unspecified atom stereocenters. The highest BCUT2D eigenvalue weighted by atomic mass is 32.1. The van der Waals surface area contributed by atoms with E-state index in [-0.39, 0.29) is 22.9 Å². The Bertz CT molecular complexity index is 1160. The lowest BCUT2D eigenvalue weighted by molar-refractivity contribution is 0.0959. The van der Waals surface area contributed by atoms with Gasteiger partial charge in [0.05, 0.1) is 17.2 Å². The second kappa shape index (κ2) is 9.55. The number of thiocarbonyl (C=S) groups is 1. The van der Waals surface area contributed by atoms with Crippen LogP contribution in [0.2, 0.25) is 0 Å². The summed E-state index contributed by atoms with van der Waals surface area (Å²) in [5.74, 6) is 2.07. The summed E-state index contributed by atoms with van der Waals surface area (Å²) in [6.45, 7) is 0.660. The summed E-state index contributed by atoms with van der Waals surface area (Å²) >= 11 is 4.86. The fourth-order valence-electron chi connectivity index (χ4n) is 5.88. The number of amides is 1. The molecule has 2 aliphatic rings. The fraction of sp³-hybridized carbons (Fsp3) is 0.321. The predicted molar refractivity (Wildman–Crippen MR) is 137 cm³/mol. The average molecular weight is 472 g/mol. The number of pyridine rings is 1. The number of hydrogen-bond donors (Lipinski definition) is 2. The number of nitrogens with two attached hydrogens (primary N) is 1. The van der Waals surface area contributed by atoms with E-state index in [1.807, 2.05) is 30.3 Å². The summed E-state index contributed by atoms with van der Waals surface area (Å²) in [6, 6.07) is 22.5. The number of hydrogen-bond acceptors (Lipinski definition) is 4. The van der Waals surface area contributed by atoms with E-state index in [1.54, 1.807) is 6.20 Å². The van der Waals surface area contributed by atoms with Gasteiger partial charge in [-0.15, -0.1) is 0 Å². The predicted octanol–water partition coefficient (Wildman–Crippen LogP) is 4.78. The lowest BCUT2D eigenvalue weighted by Gasteiger charge is -2.39. The second-order valence-electron chi connectivity index (χ2n) is 9.41. The Balaban J connectivity index is 1.38. The highest BCUT2D eigenvalue weighted by Crippen LogP contribution is 2.60. The van der Waals surface area contributed by atoms with Gasteiger partial charge >= 0.3 is 0 Å². The molecule has 0 spiro atoms. The molecule has 3 atom stereocenters. The number of carbonyl (C=O) groups is 1. The molecule has 2 saturated carbocycles. The Kier molecular flexibility index (Phi) is 6.33. The normalized spacial score (nSPS) is 22.9. The lowest BCUT2D eigenvalue weighted by atomic mass is 9.64. The van der Waals surface area contributed by atoms with Crippen LogP contribution in [0.3, 0.4) is 0 Å². The third-order valence-electron chi connectivity index (χ3n) is 7.42. The zero-order valence-electron chi connectivity index (χ0n) is 19.1. The third kappa shape index (κ3) is 4.42. The highest BCUT2D eigenvalue weighted by Gasteiger charge is 2.52. The first-order chi connectivity index (χ1) is 16.5. The minimum absolute atomic E-state index is 0.0176. The van der Waals surface area contributed by atoms with Crippen molar-refractivity contribution in [2.24, 2.45) is 17.6 Å². The van der Waals surface area contributed by atoms with Gasteiger partial charge in [-0.05, 0) is 78.6 Å². The molecule has 2 bridgehead atoms. The van der Waals surface area contributed by atoms with Gasteiger partial charge in [-0.1, -0.05) is 49.0 Å². The Morgan fingerprint density at radius 1 is 1.06 bits per heavy atom. The summed E-state index contributed by atoms with van der Waals surface area (Å²) in [7, 11) is 0. The Morgan fingerprint density at radius 2 is 1.79 bits per heavy atom. The topological polar surface area (TPSA) is 77.2 Å². The van der Waals surface area contributed by atoms with E-state index in [4.69, 9.17) is 22.7 Å². The van der Waals surface area contributed by atoms with Gasteiger partial charge in [-0.2, -0.15) is 0 Å². The Hall–Kier alpha value is -3.25. The number of ether oxygens (including phenoxy) is 1. The van der Waals surface area contributed by atoms with Gasteiger partial charge in [-0.3, -0.25) is 9.78 Å². The van der Waals surface area contributed by atoms with Crippen LogP contribution in [-0.2, 0) is 12.0 Å². The van der Waals surface area contributed by atoms with Crippen LogP contribution in [0, 0.1) is 11.8 Å². The molecule has 0 radical (unpaired) electrons. The van der Waals surface area contributed by atoms with Crippen molar-refractivity contribution in [2.45, 2.75) is 37.7 Å². The van der Waals surface area contributed by atoms with Crippen LogP contribution in [0.5, 0.6) is 5.75 Å². The summed E-state index contributed by atoms with van der Waals surface area (Å²) in [4.78, 5) is 17.0. The van der Waals surface area contributed by atoms with Crippen LogP contribution >= 0.6 is 12.2 Å². The van der Waals surface area contributed by atoms with Crippen LogP contribution in [0.15, 0.2) is 72.9 Å². The van der Waals surface area contributed by atoms with Crippen molar-refractivity contribution in [1.29, 1.82) is 0 Å². The Morgan fingerprint density at radius 3 is 2.38 bits per heavy atom. The smallest absolute Gasteiger partial charge is 0.251 e. The molecule has 2 aliphatic carbocycles. The van der Waals surface area contributed by atoms with Gasteiger partial charge < -0.3 is 15.8 Å². The fourth-order valence-corrected chi connectivity index (χ4v) is 5.95. The molecule has 174 valence electrons. The summed E-state index contributed by atoms with van der Waals surface area (Å²) in [5, 5.41) is 2.76. The second-order valence-corrected chi connectivity index (χ2v) is 9.94. The third-order valence-corrected chi connectivity index (χ3v) is 7.56. The van der Waals surface area contributed by atoms with Crippen LogP contribution in [0.4, 0.5) is 0 Å². The molecule has 0 aliphatic heterocycles. The van der Waals surface area contributed by atoms with Crippen molar-refractivity contribution >= 4 is 23.1 Å². The monoisotopic (exact) mass is 471 g/mol. The van der Waals surface area contributed by atoms with Gasteiger partial charge in [0.1, 0.15) is 12.4 Å². The molecule has 1 amide bonds. The van der Waals surface area contributed by atoms with Gasteiger partial charge in [0.15, 0.2) is 0 Å². The molecule has 3 aromatic rings. The van der Waals surface area contributed by atoms with Gasteiger partial charge in [0.25, 0.3) is 5.91 Å². The lowest BCUT2D eigenvalue weighted by Crippen LogP contribution is -2.34. The number of aromatic nitrogens is 1. The standard InChI is InChI=1S/C28H29N3O2S/c29-26(34)17-31-27(32)20-5-8-21(9-6-20)28(16-19-4-7-23(28)15-19)22-10-12-25(13-11-22)33-18-24-3-1-2-14-30-24/h1-3,5-6,8-14,19,23H,4,7,15-18H2,(H2,29,34)(H,31,32)/t19?,23-,28+/m1/s1.